The standard InChI is InChI=1S/C29H46N4O7Si/c1-5-6-12-30-23(34)16-24(35)32(26(30)37)21-7-9-28(10-8-21)17-22(18-28)33-27(38)31(20-40-14-15-41(2,3)4)25(36)29(33)11-13-39-19-29/h21-22H,5-20H2,1-4H3/t21?,22?,28?,29-/m1/s1. The first kappa shape index (κ1) is 30.2. The summed E-state index contributed by atoms with van der Waals surface area (Å²) in [5.41, 5.74) is -0.907. The van der Waals surface area contributed by atoms with E-state index in [0.717, 1.165) is 44.6 Å². The summed E-state index contributed by atoms with van der Waals surface area (Å²) >= 11 is 0. The maximum atomic E-state index is 13.6. The fourth-order valence-electron chi connectivity index (χ4n) is 7.37. The van der Waals surface area contributed by atoms with Crippen molar-refractivity contribution in [2.24, 2.45) is 5.41 Å². The Kier molecular flexibility index (Phi) is 8.39. The highest BCUT2D eigenvalue weighted by molar-refractivity contribution is 6.76. The molecule has 2 saturated carbocycles. The fourth-order valence-corrected chi connectivity index (χ4v) is 8.13. The third-order valence-corrected chi connectivity index (χ3v) is 11.6. The molecule has 5 rings (SSSR count). The topological polar surface area (TPSA) is 117 Å². The number of nitrogens with zero attached hydrogens (tertiary/aromatic N) is 4. The number of hydrogen-bond donors (Lipinski definition) is 0. The summed E-state index contributed by atoms with van der Waals surface area (Å²) in [4.78, 5) is 71.1. The molecular formula is C29H46N4O7Si. The quantitative estimate of drug-likeness (QED) is 0.164. The van der Waals surface area contributed by atoms with Crippen molar-refractivity contribution < 1.29 is 33.4 Å². The molecule has 5 aliphatic rings. The van der Waals surface area contributed by atoms with Crippen molar-refractivity contribution in [2.45, 2.75) is 114 Å². The van der Waals surface area contributed by atoms with Crippen LogP contribution in [-0.2, 0) is 23.9 Å². The van der Waals surface area contributed by atoms with Gasteiger partial charge in [0.15, 0.2) is 0 Å². The summed E-state index contributed by atoms with van der Waals surface area (Å²) in [7, 11) is -1.29. The summed E-state index contributed by atoms with van der Waals surface area (Å²) in [5.74, 6) is -0.998. The molecule has 2 aliphatic carbocycles. The van der Waals surface area contributed by atoms with Crippen LogP contribution in [0.1, 0.15) is 71.1 Å². The van der Waals surface area contributed by atoms with Crippen molar-refractivity contribution in [3.8, 4) is 0 Å². The van der Waals surface area contributed by atoms with E-state index in [1.807, 2.05) is 6.92 Å². The molecule has 12 heteroatoms. The van der Waals surface area contributed by atoms with E-state index in [1.54, 1.807) is 4.90 Å². The number of carbonyl (C=O) groups is 5. The van der Waals surface area contributed by atoms with Crippen LogP contribution >= 0.6 is 0 Å². The summed E-state index contributed by atoms with van der Waals surface area (Å²) in [6, 6.07) is -0.0240. The van der Waals surface area contributed by atoms with Gasteiger partial charge in [0.25, 0.3) is 5.91 Å². The summed E-state index contributed by atoms with van der Waals surface area (Å²) in [6.45, 7) is 10.3. The number of urea groups is 2. The average molecular weight is 591 g/mol. The zero-order chi connectivity index (χ0) is 29.6. The summed E-state index contributed by atoms with van der Waals surface area (Å²) in [5, 5.41) is 0. The Bertz CT molecular complexity index is 1070. The second-order valence-corrected chi connectivity index (χ2v) is 19.6. The van der Waals surface area contributed by atoms with Gasteiger partial charge in [-0.25, -0.2) is 14.5 Å². The van der Waals surface area contributed by atoms with Crippen LogP contribution in [0.15, 0.2) is 0 Å². The maximum absolute atomic E-state index is 13.6. The Labute approximate surface area is 243 Å². The van der Waals surface area contributed by atoms with Crippen LogP contribution in [0.5, 0.6) is 0 Å². The van der Waals surface area contributed by atoms with E-state index < -0.39 is 31.5 Å². The van der Waals surface area contributed by atoms with E-state index >= 15 is 0 Å². The summed E-state index contributed by atoms with van der Waals surface area (Å²) in [6.07, 6.45) is 6.51. The Morgan fingerprint density at radius 2 is 1.63 bits per heavy atom. The van der Waals surface area contributed by atoms with E-state index in [9.17, 15) is 24.0 Å². The first-order valence-corrected chi connectivity index (χ1v) is 19.1. The molecule has 7 amide bonds. The van der Waals surface area contributed by atoms with E-state index in [0.29, 0.717) is 39.0 Å². The van der Waals surface area contributed by atoms with Gasteiger partial charge in [-0.3, -0.25) is 24.2 Å². The number of barbiturate groups is 1. The van der Waals surface area contributed by atoms with Gasteiger partial charge in [0, 0.05) is 46.3 Å². The smallest absolute Gasteiger partial charge is 0.333 e. The maximum Gasteiger partial charge on any atom is 0.333 e. The SMILES string of the molecule is CCCCN1C(=O)CC(=O)N(C2CCC3(CC2)CC(N2C(=O)N(COCC[Si](C)(C)C)C(=O)[C@]24CCOC4)C3)C1=O. The zero-order valence-corrected chi connectivity index (χ0v) is 26.1. The molecule has 0 aromatic rings. The third kappa shape index (κ3) is 5.59. The molecule has 0 unspecified atom stereocenters. The molecular weight excluding hydrogens is 544 g/mol. The molecule has 2 spiro atoms. The highest BCUT2D eigenvalue weighted by Gasteiger charge is 2.64. The molecule has 5 fully saturated rings. The Hall–Kier alpha value is -2.31. The lowest BCUT2D eigenvalue weighted by Crippen LogP contribution is -2.62. The predicted octanol–water partition coefficient (Wildman–Crippen LogP) is 3.79. The first-order chi connectivity index (χ1) is 19.4. The lowest BCUT2D eigenvalue weighted by atomic mass is 9.57. The molecule has 3 heterocycles. The minimum absolute atomic E-state index is 0.0182. The number of imide groups is 3. The molecule has 3 aliphatic heterocycles. The van der Waals surface area contributed by atoms with Crippen molar-refractivity contribution in [1.29, 1.82) is 0 Å². The predicted molar refractivity (Wildman–Crippen MR) is 152 cm³/mol. The Balaban J connectivity index is 1.20. The minimum Gasteiger partial charge on any atom is -0.378 e. The normalized spacial score (nSPS) is 32.7. The van der Waals surface area contributed by atoms with Gasteiger partial charge in [0.1, 0.15) is 18.7 Å². The van der Waals surface area contributed by atoms with Crippen molar-refractivity contribution in [2.75, 3.05) is 33.1 Å². The van der Waals surface area contributed by atoms with E-state index in [2.05, 4.69) is 19.6 Å². The first-order valence-electron chi connectivity index (χ1n) is 15.4. The van der Waals surface area contributed by atoms with Crippen LogP contribution in [0.25, 0.3) is 0 Å². The summed E-state index contributed by atoms with van der Waals surface area (Å²) < 4.78 is 11.5. The highest BCUT2D eigenvalue weighted by atomic mass is 28.3. The number of rotatable bonds is 10. The Morgan fingerprint density at radius 3 is 2.24 bits per heavy atom. The highest BCUT2D eigenvalue weighted by Crippen LogP contribution is 2.56. The molecule has 0 aromatic heterocycles. The lowest BCUT2D eigenvalue weighted by molar-refractivity contribution is -0.145. The molecule has 11 nitrogen and oxygen atoms in total. The van der Waals surface area contributed by atoms with Gasteiger partial charge in [-0.15, -0.1) is 0 Å². The van der Waals surface area contributed by atoms with E-state index in [4.69, 9.17) is 9.47 Å². The van der Waals surface area contributed by atoms with Crippen LogP contribution in [-0.4, -0.2) is 108 Å². The molecule has 3 saturated heterocycles. The second kappa shape index (κ2) is 11.4. The van der Waals surface area contributed by atoms with Gasteiger partial charge in [-0.2, -0.15) is 0 Å². The van der Waals surface area contributed by atoms with Crippen LogP contribution in [0.4, 0.5) is 9.59 Å². The largest absolute Gasteiger partial charge is 0.378 e. The monoisotopic (exact) mass is 590 g/mol. The van der Waals surface area contributed by atoms with Gasteiger partial charge in [0.2, 0.25) is 11.8 Å². The minimum atomic E-state index is -1.29. The molecule has 1 atom stereocenters. The number of amides is 7. The number of carbonyl (C=O) groups excluding carboxylic acids is 5. The van der Waals surface area contributed by atoms with Crippen molar-refractivity contribution in [1.82, 2.24) is 19.6 Å². The van der Waals surface area contributed by atoms with Crippen LogP contribution in [0.3, 0.4) is 0 Å². The number of unbranched alkanes of at least 4 members (excludes halogenated alkanes) is 1. The van der Waals surface area contributed by atoms with Gasteiger partial charge in [0.05, 0.1) is 6.61 Å². The van der Waals surface area contributed by atoms with E-state index in [-0.39, 0.29) is 49.2 Å². The second-order valence-electron chi connectivity index (χ2n) is 14.0. The molecule has 0 bridgehead atoms. The average Bonchev–Trinajstić information content (AvgIpc) is 3.44. The van der Waals surface area contributed by atoms with Crippen LogP contribution in [0.2, 0.25) is 25.7 Å². The Morgan fingerprint density at radius 1 is 0.927 bits per heavy atom. The van der Waals surface area contributed by atoms with Gasteiger partial charge >= 0.3 is 12.1 Å². The number of ether oxygens (including phenoxy) is 2. The van der Waals surface area contributed by atoms with E-state index in [1.165, 1.54) is 14.7 Å². The van der Waals surface area contributed by atoms with Gasteiger partial charge < -0.3 is 14.4 Å². The third-order valence-electron chi connectivity index (χ3n) is 9.89. The van der Waals surface area contributed by atoms with Crippen molar-refractivity contribution in [3.63, 3.8) is 0 Å². The lowest BCUT2D eigenvalue weighted by Gasteiger charge is -2.56. The molecule has 0 radical (unpaired) electrons. The molecule has 228 valence electrons. The molecule has 0 aromatic carbocycles. The van der Waals surface area contributed by atoms with Gasteiger partial charge in [-0.1, -0.05) is 33.0 Å². The molecule has 41 heavy (non-hydrogen) atoms. The zero-order valence-electron chi connectivity index (χ0n) is 25.1. The van der Waals surface area contributed by atoms with Crippen LogP contribution in [0, 0.1) is 5.41 Å². The van der Waals surface area contributed by atoms with Crippen LogP contribution < -0.4 is 0 Å². The molecule has 0 N–H and O–H groups in total. The number of hydrogen-bond acceptors (Lipinski definition) is 7. The fraction of sp³-hybridized carbons (Fsp3) is 0.828. The van der Waals surface area contributed by atoms with Crippen molar-refractivity contribution in [3.05, 3.63) is 0 Å². The van der Waals surface area contributed by atoms with Gasteiger partial charge in [-0.05, 0) is 56.4 Å². The van der Waals surface area contributed by atoms with Crippen molar-refractivity contribution >= 4 is 37.9 Å².